The minimum Gasteiger partial charge on any atom is -0.465 e. The Balaban J connectivity index is 2.08. The highest BCUT2D eigenvalue weighted by molar-refractivity contribution is 5.82. The van der Waals surface area contributed by atoms with Crippen LogP contribution in [0.4, 0.5) is 35.0 Å². The maximum atomic E-state index is 12.1. The topological polar surface area (TPSA) is 83.3 Å². The average molecular weight is 325 g/mol. The fourth-order valence-corrected chi connectivity index (χ4v) is 1.59. The molecule has 0 atom stereocenters. The number of halogens is 3. The Kier molecular flexibility index (Phi) is 4.79. The second kappa shape index (κ2) is 6.77. The smallest absolute Gasteiger partial charge is 0.465 e. The van der Waals surface area contributed by atoms with Gasteiger partial charge in [-0.2, -0.15) is 10.2 Å². The van der Waals surface area contributed by atoms with Crippen molar-refractivity contribution in [1.82, 2.24) is 0 Å². The van der Waals surface area contributed by atoms with Gasteiger partial charge < -0.3 is 9.84 Å². The van der Waals surface area contributed by atoms with Crippen LogP contribution >= 0.6 is 0 Å². The number of carbonyl (C=O) groups is 1. The Morgan fingerprint density at radius 2 is 1.70 bits per heavy atom. The highest BCUT2D eigenvalue weighted by Gasteiger charge is 2.31. The maximum Gasteiger partial charge on any atom is 0.573 e. The monoisotopic (exact) mass is 325 g/mol. The first-order valence-electron chi connectivity index (χ1n) is 6.19. The van der Waals surface area contributed by atoms with Crippen molar-refractivity contribution in [1.29, 1.82) is 0 Å². The summed E-state index contributed by atoms with van der Waals surface area (Å²) in [6.45, 7) is 0. The van der Waals surface area contributed by atoms with Gasteiger partial charge in [-0.3, -0.25) is 5.32 Å². The Morgan fingerprint density at radius 1 is 1.04 bits per heavy atom. The van der Waals surface area contributed by atoms with Gasteiger partial charge >= 0.3 is 12.5 Å². The normalized spacial score (nSPS) is 11.4. The average Bonchev–Trinajstić information content (AvgIpc) is 2.44. The number of azo groups is 1. The Morgan fingerprint density at radius 3 is 2.30 bits per heavy atom. The molecule has 9 heteroatoms. The highest BCUT2D eigenvalue weighted by Crippen LogP contribution is 2.27. The third-order valence-corrected chi connectivity index (χ3v) is 2.45. The SMILES string of the molecule is O=C(O)Nc1ccc(N=Nc2cccc(OC(F)(F)F)c2)cc1. The lowest BCUT2D eigenvalue weighted by atomic mass is 10.3. The van der Waals surface area contributed by atoms with Gasteiger partial charge in [0.2, 0.25) is 0 Å². The fourth-order valence-electron chi connectivity index (χ4n) is 1.59. The van der Waals surface area contributed by atoms with E-state index < -0.39 is 18.2 Å². The van der Waals surface area contributed by atoms with Crippen LogP contribution in [-0.4, -0.2) is 17.6 Å². The zero-order chi connectivity index (χ0) is 16.9. The first-order valence-corrected chi connectivity index (χ1v) is 6.19. The van der Waals surface area contributed by atoms with Gasteiger partial charge in [0.05, 0.1) is 11.4 Å². The molecule has 0 spiro atoms. The van der Waals surface area contributed by atoms with E-state index in [1.54, 1.807) is 0 Å². The summed E-state index contributed by atoms with van der Waals surface area (Å²) in [5.41, 5.74) is 0.944. The molecule has 23 heavy (non-hydrogen) atoms. The molecule has 0 aliphatic rings. The number of alkyl halides is 3. The number of nitrogens with one attached hydrogen (secondary N) is 1. The Hall–Kier alpha value is -3.10. The predicted octanol–water partition coefficient (Wildman–Crippen LogP) is 5.09. The van der Waals surface area contributed by atoms with Crippen LogP contribution in [0.15, 0.2) is 58.8 Å². The van der Waals surface area contributed by atoms with Crippen LogP contribution in [-0.2, 0) is 0 Å². The third kappa shape index (κ3) is 5.65. The van der Waals surface area contributed by atoms with Gasteiger partial charge in [0.1, 0.15) is 5.75 Å². The zero-order valence-corrected chi connectivity index (χ0v) is 11.4. The van der Waals surface area contributed by atoms with Crippen LogP contribution in [0.25, 0.3) is 0 Å². The molecule has 0 radical (unpaired) electrons. The van der Waals surface area contributed by atoms with E-state index in [1.807, 2.05) is 0 Å². The van der Waals surface area contributed by atoms with Crippen LogP contribution in [0, 0.1) is 0 Å². The number of rotatable bonds is 4. The van der Waals surface area contributed by atoms with Crippen LogP contribution in [0.1, 0.15) is 0 Å². The number of anilines is 1. The van der Waals surface area contributed by atoms with E-state index in [-0.39, 0.29) is 5.69 Å². The van der Waals surface area contributed by atoms with Crippen LogP contribution in [0.2, 0.25) is 0 Å². The molecule has 0 aliphatic heterocycles. The van der Waals surface area contributed by atoms with Gasteiger partial charge in [-0.15, -0.1) is 13.2 Å². The van der Waals surface area contributed by atoms with E-state index in [1.165, 1.54) is 36.4 Å². The predicted molar refractivity (Wildman–Crippen MR) is 75.4 cm³/mol. The van der Waals surface area contributed by atoms with Crippen molar-refractivity contribution >= 4 is 23.2 Å². The van der Waals surface area contributed by atoms with Crippen molar-refractivity contribution in [2.24, 2.45) is 10.2 Å². The molecule has 0 fully saturated rings. The maximum absolute atomic E-state index is 12.1. The molecule has 1 amide bonds. The summed E-state index contributed by atoms with van der Waals surface area (Å²) in [5, 5.41) is 18.4. The Labute approximate surface area is 128 Å². The van der Waals surface area contributed by atoms with E-state index in [0.29, 0.717) is 11.4 Å². The number of nitrogens with zero attached hydrogens (tertiary/aromatic N) is 2. The molecule has 0 saturated heterocycles. The van der Waals surface area contributed by atoms with E-state index >= 15 is 0 Å². The van der Waals surface area contributed by atoms with Gasteiger partial charge in [-0.25, -0.2) is 4.79 Å². The lowest BCUT2D eigenvalue weighted by Crippen LogP contribution is -2.16. The minimum absolute atomic E-state index is 0.180. The summed E-state index contributed by atoms with van der Waals surface area (Å²) in [4.78, 5) is 10.5. The number of hydrogen-bond donors (Lipinski definition) is 2. The number of ether oxygens (including phenoxy) is 1. The molecule has 0 heterocycles. The summed E-state index contributed by atoms with van der Waals surface area (Å²) in [7, 11) is 0. The van der Waals surface area contributed by atoms with Crippen molar-refractivity contribution in [2.45, 2.75) is 6.36 Å². The molecule has 2 aromatic rings. The van der Waals surface area contributed by atoms with Gasteiger partial charge in [-0.05, 0) is 36.4 Å². The molecule has 0 unspecified atom stereocenters. The molecule has 120 valence electrons. The van der Waals surface area contributed by atoms with Crippen LogP contribution < -0.4 is 10.1 Å². The van der Waals surface area contributed by atoms with Gasteiger partial charge in [0, 0.05) is 11.8 Å². The van der Waals surface area contributed by atoms with Crippen LogP contribution in [0.5, 0.6) is 5.75 Å². The van der Waals surface area contributed by atoms with Gasteiger partial charge in [0.15, 0.2) is 0 Å². The third-order valence-electron chi connectivity index (χ3n) is 2.45. The van der Waals surface area contributed by atoms with E-state index in [0.717, 1.165) is 12.1 Å². The van der Waals surface area contributed by atoms with Crippen molar-refractivity contribution in [3.63, 3.8) is 0 Å². The zero-order valence-electron chi connectivity index (χ0n) is 11.4. The molecule has 0 aromatic heterocycles. The summed E-state index contributed by atoms with van der Waals surface area (Å²) in [5.74, 6) is -0.394. The molecule has 0 bridgehead atoms. The highest BCUT2D eigenvalue weighted by atomic mass is 19.4. The lowest BCUT2D eigenvalue weighted by Gasteiger charge is -2.08. The van der Waals surface area contributed by atoms with Crippen LogP contribution in [0.3, 0.4) is 0 Å². The summed E-state index contributed by atoms with van der Waals surface area (Å²) in [6.07, 6.45) is -5.97. The molecule has 0 saturated carbocycles. The summed E-state index contributed by atoms with van der Waals surface area (Å²) < 4.78 is 40.2. The minimum atomic E-state index is -4.78. The van der Waals surface area contributed by atoms with Crippen molar-refractivity contribution in [3.05, 3.63) is 48.5 Å². The van der Waals surface area contributed by atoms with Crippen molar-refractivity contribution < 1.29 is 27.8 Å². The molecular weight excluding hydrogens is 315 g/mol. The number of benzene rings is 2. The number of carboxylic acid groups (broad SMARTS) is 1. The Bertz CT molecular complexity index is 715. The molecule has 2 rings (SSSR count). The molecule has 2 aromatic carbocycles. The van der Waals surface area contributed by atoms with E-state index in [2.05, 4.69) is 20.3 Å². The quantitative estimate of drug-likeness (QED) is 0.768. The van der Waals surface area contributed by atoms with Gasteiger partial charge in [-0.1, -0.05) is 6.07 Å². The first kappa shape index (κ1) is 16.3. The molecule has 2 N–H and O–H groups in total. The summed E-state index contributed by atoms with van der Waals surface area (Å²) >= 11 is 0. The van der Waals surface area contributed by atoms with Crippen molar-refractivity contribution in [3.8, 4) is 5.75 Å². The molecular formula is C14H10F3N3O3. The second-order valence-corrected chi connectivity index (χ2v) is 4.22. The second-order valence-electron chi connectivity index (χ2n) is 4.22. The number of amides is 1. The fraction of sp³-hybridized carbons (Fsp3) is 0.0714. The molecule has 6 nitrogen and oxygen atoms in total. The summed E-state index contributed by atoms with van der Waals surface area (Å²) in [6, 6.07) is 11.0. The largest absolute Gasteiger partial charge is 0.573 e. The molecule has 0 aliphatic carbocycles. The van der Waals surface area contributed by atoms with Crippen molar-refractivity contribution in [2.75, 3.05) is 5.32 Å². The van der Waals surface area contributed by atoms with E-state index in [4.69, 9.17) is 5.11 Å². The first-order chi connectivity index (χ1) is 10.8. The van der Waals surface area contributed by atoms with Gasteiger partial charge in [0.25, 0.3) is 0 Å². The van der Waals surface area contributed by atoms with E-state index in [9.17, 15) is 18.0 Å². The standard InChI is InChI=1S/C14H10F3N3O3/c15-14(16,17)23-12-3-1-2-11(8-12)20-19-10-6-4-9(5-7-10)18-13(21)22/h1-8,18H,(H,21,22). The number of hydrogen-bond acceptors (Lipinski definition) is 4. The lowest BCUT2D eigenvalue weighted by molar-refractivity contribution is -0.274.